The molecule has 0 saturated heterocycles. The van der Waals surface area contributed by atoms with E-state index in [1.54, 1.807) is 54.6 Å². The fraction of sp³-hybridized carbons (Fsp3) is 0.250. The molecule has 2 N–H and O–H groups in total. The van der Waals surface area contributed by atoms with Crippen molar-refractivity contribution >= 4 is 17.8 Å². The largest absolute Gasteiger partial charge is 0.494 e. The van der Waals surface area contributed by atoms with Crippen molar-refractivity contribution in [1.29, 1.82) is 0 Å². The Morgan fingerprint density at radius 2 is 1.50 bits per heavy atom. The molecule has 0 spiro atoms. The fourth-order valence-electron chi connectivity index (χ4n) is 2.11. The van der Waals surface area contributed by atoms with Gasteiger partial charge >= 0.3 is 5.97 Å². The van der Waals surface area contributed by atoms with Crippen LogP contribution in [0.2, 0.25) is 0 Å². The maximum absolute atomic E-state index is 11.9. The molecule has 0 aliphatic rings. The molecule has 0 aromatic heterocycles. The average Bonchev–Trinajstić information content (AvgIpc) is 2.72. The topological polar surface area (TPSA) is 103 Å². The van der Waals surface area contributed by atoms with Crippen molar-refractivity contribution in [2.45, 2.75) is 20.0 Å². The van der Waals surface area contributed by atoms with Gasteiger partial charge in [0, 0.05) is 5.56 Å². The van der Waals surface area contributed by atoms with Crippen molar-refractivity contribution in [2.24, 2.45) is 0 Å². The lowest BCUT2D eigenvalue weighted by molar-refractivity contribution is -0.156. The van der Waals surface area contributed by atoms with E-state index in [2.05, 4.69) is 10.9 Å². The molecule has 8 heteroatoms. The van der Waals surface area contributed by atoms with E-state index in [1.165, 1.54) is 6.92 Å². The number of amides is 2. The SMILES string of the molecule is CCOc1ccc(OCC(=O)O[C@@H](C)C(=O)NNC(=O)c2ccccc2)cc1. The highest BCUT2D eigenvalue weighted by Gasteiger charge is 2.19. The molecule has 28 heavy (non-hydrogen) atoms. The molecule has 0 aliphatic heterocycles. The molecule has 2 aromatic carbocycles. The molecule has 0 unspecified atom stereocenters. The quantitative estimate of drug-likeness (QED) is 0.530. The number of carbonyl (C=O) groups excluding carboxylic acids is 3. The Balaban J connectivity index is 1.72. The lowest BCUT2D eigenvalue weighted by Gasteiger charge is -2.14. The van der Waals surface area contributed by atoms with E-state index in [1.807, 2.05) is 6.92 Å². The first-order valence-electron chi connectivity index (χ1n) is 8.70. The maximum atomic E-state index is 11.9. The van der Waals surface area contributed by atoms with Crippen molar-refractivity contribution in [3.05, 3.63) is 60.2 Å². The van der Waals surface area contributed by atoms with Gasteiger partial charge in [0.1, 0.15) is 11.5 Å². The van der Waals surface area contributed by atoms with Gasteiger partial charge in [-0.3, -0.25) is 20.4 Å². The van der Waals surface area contributed by atoms with Crippen LogP contribution in [-0.2, 0) is 14.3 Å². The molecule has 2 aromatic rings. The highest BCUT2D eigenvalue weighted by atomic mass is 16.6. The third kappa shape index (κ3) is 6.64. The van der Waals surface area contributed by atoms with Crippen LogP contribution in [0, 0.1) is 0 Å². The molecule has 2 amide bonds. The summed E-state index contributed by atoms with van der Waals surface area (Å²) >= 11 is 0. The van der Waals surface area contributed by atoms with Gasteiger partial charge < -0.3 is 14.2 Å². The molecule has 0 heterocycles. The highest BCUT2D eigenvalue weighted by Crippen LogP contribution is 2.17. The number of hydrazine groups is 1. The van der Waals surface area contributed by atoms with Gasteiger partial charge in [0.15, 0.2) is 12.7 Å². The van der Waals surface area contributed by atoms with E-state index in [9.17, 15) is 14.4 Å². The number of hydrogen-bond donors (Lipinski definition) is 2. The second kappa shape index (κ2) is 10.6. The van der Waals surface area contributed by atoms with Gasteiger partial charge in [-0.2, -0.15) is 0 Å². The summed E-state index contributed by atoms with van der Waals surface area (Å²) < 4.78 is 15.6. The molecule has 148 valence electrons. The van der Waals surface area contributed by atoms with E-state index < -0.39 is 23.9 Å². The molecule has 1 atom stereocenters. The Morgan fingerprint density at radius 3 is 2.11 bits per heavy atom. The van der Waals surface area contributed by atoms with E-state index in [0.717, 1.165) is 0 Å². The van der Waals surface area contributed by atoms with E-state index >= 15 is 0 Å². The number of benzene rings is 2. The van der Waals surface area contributed by atoms with Crippen molar-refractivity contribution < 1.29 is 28.6 Å². The fourth-order valence-corrected chi connectivity index (χ4v) is 2.11. The van der Waals surface area contributed by atoms with Gasteiger partial charge in [-0.25, -0.2) is 4.79 Å². The predicted octanol–water partition coefficient (Wildman–Crippen LogP) is 1.86. The van der Waals surface area contributed by atoms with Crippen molar-refractivity contribution in [3.63, 3.8) is 0 Å². The minimum absolute atomic E-state index is 0.359. The summed E-state index contributed by atoms with van der Waals surface area (Å²) in [6.07, 6.45) is -1.10. The lowest BCUT2D eigenvalue weighted by atomic mass is 10.2. The zero-order chi connectivity index (χ0) is 20.4. The molecule has 0 saturated carbocycles. The minimum atomic E-state index is -1.10. The molecule has 0 aliphatic carbocycles. The summed E-state index contributed by atoms with van der Waals surface area (Å²) in [6, 6.07) is 15.1. The van der Waals surface area contributed by atoms with Gasteiger partial charge in [-0.15, -0.1) is 0 Å². The standard InChI is InChI=1S/C20H22N2O6/c1-3-26-16-9-11-17(12-10-16)27-13-18(23)28-14(2)19(24)21-22-20(25)15-7-5-4-6-8-15/h4-12,14H,3,13H2,1-2H3,(H,21,24)(H,22,25)/t14-/m0/s1. The first kappa shape index (κ1) is 20.8. The van der Waals surface area contributed by atoms with Gasteiger partial charge in [-0.05, 0) is 50.2 Å². The Labute approximate surface area is 162 Å². The van der Waals surface area contributed by atoms with Gasteiger partial charge in [0.2, 0.25) is 0 Å². The van der Waals surface area contributed by atoms with Gasteiger partial charge in [0.25, 0.3) is 11.8 Å². The third-order valence-corrected chi connectivity index (χ3v) is 3.50. The van der Waals surface area contributed by atoms with Crippen molar-refractivity contribution in [1.82, 2.24) is 10.9 Å². The molecular formula is C20H22N2O6. The third-order valence-electron chi connectivity index (χ3n) is 3.50. The molecular weight excluding hydrogens is 364 g/mol. The monoisotopic (exact) mass is 386 g/mol. The zero-order valence-corrected chi connectivity index (χ0v) is 15.6. The summed E-state index contributed by atoms with van der Waals surface area (Å²) in [5, 5.41) is 0. The van der Waals surface area contributed by atoms with E-state index in [-0.39, 0.29) is 6.61 Å². The van der Waals surface area contributed by atoms with Crippen LogP contribution in [0.3, 0.4) is 0 Å². The Bertz CT molecular complexity index is 792. The number of carbonyl (C=O) groups is 3. The Kier molecular flexibility index (Phi) is 7.83. The predicted molar refractivity (Wildman–Crippen MR) is 101 cm³/mol. The average molecular weight is 386 g/mol. The van der Waals surface area contributed by atoms with Gasteiger partial charge in [0.05, 0.1) is 6.61 Å². The summed E-state index contributed by atoms with van der Waals surface area (Å²) in [7, 11) is 0. The summed E-state index contributed by atoms with van der Waals surface area (Å²) in [5.41, 5.74) is 4.85. The molecule has 0 fully saturated rings. The van der Waals surface area contributed by atoms with Crippen LogP contribution in [0.1, 0.15) is 24.2 Å². The van der Waals surface area contributed by atoms with Crippen LogP contribution >= 0.6 is 0 Å². The molecule has 8 nitrogen and oxygen atoms in total. The second-order valence-corrected chi connectivity index (χ2v) is 5.63. The van der Waals surface area contributed by atoms with E-state index in [4.69, 9.17) is 14.2 Å². The normalized spacial score (nSPS) is 11.1. The lowest BCUT2D eigenvalue weighted by Crippen LogP contribution is -2.47. The minimum Gasteiger partial charge on any atom is -0.494 e. The van der Waals surface area contributed by atoms with E-state index in [0.29, 0.717) is 23.7 Å². The van der Waals surface area contributed by atoms with Gasteiger partial charge in [-0.1, -0.05) is 18.2 Å². The van der Waals surface area contributed by atoms with Crippen LogP contribution in [0.4, 0.5) is 0 Å². The van der Waals surface area contributed by atoms with Crippen LogP contribution in [0.5, 0.6) is 11.5 Å². The zero-order valence-electron chi connectivity index (χ0n) is 15.6. The molecule has 0 radical (unpaired) electrons. The first-order chi connectivity index (χ1) is 13.5. The smallest absolute Gasteiger partial charge is 0.344 e. The Morgan fingerprint density at radius 1 is 0.893 bits per heavy atom. The number of esters is 1. The van der Waals surface area contributed by atoms with Crippen LogP contribution in [0.15, 0.2) is 54.6 Å². The number of rotatable bonds is 8. The second-order valence-electron chi connectivity index (χ2n) is 5.63. The van der Waals surface area contributed by atoms with Crippen LogP contribution in [0.25, 0.3) is 0 Å². The Hall–Kier alpha value is -3.55. The maximum Gasteiger partial charge on any atom is 0.344 e. The summed E-state index contributed by atoms with van der Waals surface area (Å²) in [4.78, 5) is 35.6. The number of nitrogens with one attached hydrogen (secondary N) is 2. The van der Waals surface area contributed by atoms with Crippen molar-refractivity contribution in [3.8, 4) is 11.5 Å². The van der Waals surface area contributed by atoms with Crippen molar-refractivity contribution in [2.75, 3.05) is 13.2 Å². The van der Waals surface area contributed by atoms with Crippen LogP contribution in [-0.4, -0.2) is 37.1 Å². The first-order valence-corrected chi connectivity index (χ1v) is 8.70. The molecule has 2 rings (SSSR count). The highest BCUT2D eigenvalue weighted by molar-refractivity contribution is 5.95. The summed E-state index contributed by atoms with van der Waals surface area (Å²) in [6.45, 7) is 3.46. The summed E-state index contributed by atoms with van der Waals surface area (Å²) in [5.74, 6) is -0.705. The molecule has 0 bridgehead atoms. The number of ether oxygens (including phenoxy) is 3. The number of hydrogen-bond acceptors (Lipinski definition) is 6. The van der Waals surface area contributed by atoms with Crippen LogP contribution < -0.4 is 20.3 Å².